The zero-order valence-electron chi connectivity index (χ0n) is 15.5. The number of amides is 1. The molecular formula is C20H20N2O6. The number of benzene rings is 1. The van der Waals surface area contributed by atoms with Gasteiger partial charge in [-0.25, -0.2) is 9.59 Å². The van der Waals surface area contributed by atoms with Gasteiger partial charge in [-0.05, 0) is 19.9 Å². The van der Waals surface area contributed by atoms with Crippen LogP contribution in [0.1, 0.15) is 19.4 Å². The van der Waals surface area contributed by atoms with E-state index in [1.165, 1.54) is 6.08 Å². The van der Waals surface area contributed by atoms with Gasteiger partial charge in [0.15, 0.2) is 0 Å². The average Bonchev–Trinajstić information content (AvgIpc) is 2.90. The molecule has 0 saturated carbocycles. The maximum atomic E-state index is 13.2. The lowest BCUT2D eigenvalue weighted by Gasteiger charge is -2.35. The summed E-state index contributed by atoms with van der Waals surface area (Å²) in [5, 5.41) is 2.63. The number of carbonyl (C=O) groups excluding carboxylic acids is 3. The summed E-state index contributed by atoms with van der Waals surface area (Å²) in [4.78, 5) is 38.9. The van der Waals surface area contributed by atoms with Crippen LogP contribution >= 0.6 is 0 Å². The number of hydrogen-bond donors (Lipinski definition) is 2. The minimum absolute atomic E-state index is 0.0406. The molecule has 1 aromatic rings. The van der Waals surface area contributed by atoms with Crippen molar-refractivity contribution < 1.29 is 28.6 Å². The van der Waals surface area contributed by atoms with Crippen molar-refractivity contribution in [1.82, 2.24) is 5.32 Å². The first-order chi connectivity index (χ1) is 13.4. The Balaban J connectivity index is 2.33. The summed E-state index contributed by atoms with van der Waals surface area (Å²) in [6, 6.07) is 6.55. The Bertz CT molecular complexity index is 946. The highest BCUT2D eigenvalue weighted by atomic mass is 16.5. The van der Waals surface area contributed by atoms with E-state index in [0.717, 1.165) is 0 Å². The first-order valence-corrected chi connectivity index (χ1v) is 8.65. The molecule has 2 aliphatic heterocycles. The molecule has 1 amide bonds. The minimum atomic E-state index is -1.84. The largest absolute Gasteiger partial charge is 0.462 e. The predicted octanol–water partition coefficient (Wildman–Crippen LogP) is 1.18. The normalized spacial score (nSPS) is 20.4. The number of carbonyl (C=O) groups is 3. The maximum Gasteiger partial charge on any atom is 0.341 e. The molecule has 0 radical (unpaired) electrons. The number of ether oxygens (including phenoxy) is 3. The van der Waals surface area contributed by atoms with Crippen molar-refractivity contribution in [3.8, 4) is 5.75 Å². The zero-order chi connectivity index (χ0) is 20.5. The van der Waals surface area contributed by atoms with E-state index < -0.39 is 23.3 Å². The van der Waals surface area contributed by atoms with Crippen molar-refractivity contribution in [2.24, 2.45) is 5.73 Å². The molecule has 0 aromatic heterocycles. The molecule has 146 valence electrons. The first kappa shape index (κ1) is 19.2. The Hall–Kier alpha value is -3.55. The molecule has 0 bridgehead atoms. The summed E-state index contributed by atoms with van der Waals surface area (Å²) >= 11 is 0. The predicted molar refractivity (Wildman–Crippen MR) is 98.6 cm³/mol. The minimum Gasteiger partial charge on any atom is -0.462 e. The second kappa shape index (κ2) is 7.22. The molecule has 8 nitrogen and oxygen atoms in total. The average molecular weight is 384 g/mol. The Labute approximate surface area is 161 Å². The number of para-hydroxylation sites is 1. The van der Waals surface area contributed by atoms with Gasteiger partial charge in [0.05, 0.1) is 12.2 Å². The maximum absolute atomic E-state index is 13.2. The van der Waals surface area contributed by atoms with E-state index in [0.29, 0.717) is 5.56 Å². The third-order valence-electron chi connectivity index (χ3n) is 4.54. The molecule has 0 aliphatic carbocycles. The van der Waals surface area contributed by atoms with Crippen LogP contribution in [0, 0.1) is 0 Å². The molecule has 1 aromatic carbocycles. The van der Waals surface area contributed by atoms with Gasteiger partial charge >= 0.3 is 11.9 Å². The van der Waals surface area contributed by atoms with Gasteiger partial charge in [0.2, 0.25) is 11.8 Å². The third-order valence-corrected chi connectivity index (χ3v) is 4.54. The van der Waals surface area contributed by atoms with Crippen LogP contribution in [0.2, 0.25) is 0 Å². The van der Waals surface area contributed by atoms with Crippen LogP contribution in [-0.2, 0) is 29.3 Å². The van der Waals surface area contributed by atoms with E-state index in [2.05, 4.69) is 11.9 Å². The van der Waals surface area contributed by atoms with Crippen molar-refractivity contribution in [3.05, 3.63) is 65.2 Å². The summed E-state index contributed by atoms with van der Waals surface area (Å²) in [7, 11) is 0. The summed E-state index contributed by atoms with van der Waals surface area (Å²) in [5.41, 5.74) is 4.45. The van der Waals surface area contributed by atoms with Crippen molar-refractivity contribution in [2.45, 2.75) is 19.3 Å². The van der Waals surface area contributed by atoms with Crippen LogP contribution in [0.3, 0.4) is 0 Å². The molecule has 2 heterocycles. The number of rotatable bonds is 5. The monoisotopic (exact) mass is 384 g/mol. The number of hydrogen-bond acceptors (Lipinski definition) is 7. The highest BCUT2D eigenvalue weighted by Crippen LogP contribution is 2.51. The number of nitrogens with one attached hydrogen (secondary N) is 1. The number of allylic oxidation sites excluding steroid dienone is 1. The second-order valence-corrected chi connectivity index (χ2v) is 6.15. The fourth-order valence-corrected chi connectivity index (χ4v) is 3.54. The first-order valence-electron chi connectivity index (χ1n) is 8.65. The highest BCUT2D eigenvalue weighted by Gasteiger charge is 2.61. The van der Waals surface area contributed by atoms with Gasteiger partial charge < -0.3 is 25.3 Å². The van der Waals surface area contributed by atoms with Gasteiger partial charge in [-0.1, -0.05) is 30.9 Å². The van der Waals surface area contributed by atoms with Crippen molar-refractivity contribution in [1.29, 1.82) is 0 Å². The van der Waals surface area contributed by atoms with Crippen LogP contribution < -0.4 is 15.8 Å². The lowest BCUT2D eigenvalue weighted by Crippen LogP contribution is -2.49. The summed E-state index contributed by atoms with van der Waals surface area (Å²) in [6.45, 7) is 6.67. The van der Waals surface area contributed by atoms with Gasteiger partial charge in [-0.3, -0.25) is 4.79 Å². The molecule has 28 heavy (non-hydrogen) atoms. The van der Waals surface area contributed by atoms with Crippen molar-refractivity contribution >= 4 is 17.8 Å². The summed E-state index contributed by atoms with van der Waals surface area (Å²) in [6.07, 6.45) is 1.40. The van der Waals surface area contributed by atoms with Crippen LogP contribution in [0.15, 0.2) is 59.6 Å². The number of fused-ring (bicyclic) bond motifs is 2. The molecule has 0 saturated heterocycles. The lowest BCUT2D eigenvalue weighted by molar-refractivity contribution is -0.142. The molecule has 0 unspecified atom stereocenters. The van der Waals surface area contributed by atoms with E-state index in [9.17, 15) is 14.4 Å². The molecule has 8 heteroatoms. The van der Waals surface area contributed by atoms with Gasteiger partial charge in [-0.2, -0.15) is 0 Å². The van der Waals surface area contributed by atoms with Crippen molar-refractivity contribution in [2.75, 3.05) is 13.2 Å². The van der Waals surface area contributed by atoms with E-state index in [4.69, 9.17) is 19.9 Å². The molecule has 3 rings (SSSR count). The molecule has 3 N–H and O–H groups in total. The van der Waals surface area contributed by atoms with E-state index in [1.807, 2.05) is 0 Å². The van der Waals surface area contributed by atoms with Crippen molar-refractivity contribution in [3.63, 3.8) is 0 Å². The van der Waals surface area contributed by atoms with E-state index >= 15 is 0 Å². The zero-order valence-corrected chi connectivity index (χ0v) is 15.5. The standard InChI is InChI=1S/C20H20N2O6/c1-4-10-27-17(23)14-11(3)22-19(25)20(14)12-8-6-7-9-13(12)28-16(21)15(20)18(24)26-5-2/h4,6-9H,1,5,10,21H2,2-3H3,(H,22,25)/t20-/m0/s1. The fourth-order valence-electron chi connectivity index (χ4n) is 3.54. The second-order valence-electron chi connectivity index (χ2n) is 6.15. The molecule has 1 spiro atoms. The van der Waals surface area contributed by atoms with Gasteiger partial charge in [-0.15, -0.1) is 0 Å². The molecular weight excluding hydrogens is 364 g/mol. The summed E-state index contributed by atoms with van der Waals surface area (Å²) in [5.74, 6) is -2.30. The van der Waals surface area contributed by atoms with Crippen LogP contribution in [0.4, 0.5) is 0 Å². The van der Waals surface area contributed by atoms with E-state index in [-0.39, 0.29) is 41.7 Å². The topological polar surface area (TPSA) is 117 Å². The Morgan fingerprint density at radius 3 is 2.61 bits per heavy atom. The van der Waals surface area contributed by atoms with Crippen LogP contribution in [0.5, 0.6) is 5.75 Å². The van der Waals surface area contributed by atoms with Crippen LogP contribution in [-0.4, -0.2) is 31.1 Å². The molecule has 2 aliphatic rings. The van der Waals surface area contributed by atoms with Crippen LogP contribution in [0.25, 0.3) is 0 Å². The number of esters is 2. The van der Waals surface area contributed by atoms with Gasteiger partial charge in [0, 0.05) is 11.3 Å². The Kier molecular flexibility index (Phi) is 4.96. The SMILES string of the molecule is C=CCOC(=O)C1=C(C)NC(=O)[C@]12C(C(=O)OCC)=C(N)Oc1ccccc12. The molecule has 1 atom stereocenters. The Morgan fingerprint density at radius 2 is 1.93 bits per heavy atom. The molecule has 0 fully saturated rings. The number of nitrogens with two attached hydrogens (primary N) is 1. The smallest absolute Gasteiger partial charge is 0.341 e. The Morgan fingerprint density at radius 1 is 1.25 bits per heavy atom. The van der Waals surface area contributed by atoms with Gasteiger partial charge in [0.25, 0.3) is 0 Å². The van der Waals surface area contributed by atoms with Gasteiger partial charge in [0.1, 0.15) is 23.3 Å². The highest BCUT2D eigenvalue weighted by molar-refractivity contribution is 6.17. The summed E-state index contributed by atoms with van der Waals surface area (Å²) < 4.78 is 15.9. The van der Waals surface area contributed by atoms with E-state index in [1.54, 1.807) is 38.1 Å². The lowest BCUT2D eigenvalue weighted by atomic mass is 9.67. The quantitative estimate of drug-likeness (QED) is 0.578. The fraction of sp³-hybridized carbons (Fsp3) is 0.250. The third kappa shape index (κ3) is 2.65.